The highest BCUT2D eigenvalue weighted by Crippen LogP contribution is 2.18. The molecule has 0 bridgehead atoms. The molecule has 0 atom stereocenters. The third kappa shape index (κ3) is 6.26. The summed E-state index contributed by atoms with van der Waals surface area (Å²) in [6.45, 7) is 2.10. The zero-order chi connectivity index (χ0) is 19.0. The number of carbonyl (C=O) groups is 1. The summed E-state index contributed by atoms with van der Waals surface area (Å²) in [6, 6.07) is 7.56. The van der Waals surface area contributed by atoms with Crippen LogP contribution in [-0.2, 0) is 26.0 Å². The SMILES string of the molecule is COc1ccccc1CCN(CCNC(=O)C1CCOCC1)S(C)(=O)=O. The zero-order valence-electron chi connectivity index (χ0n) is 15.4. The van der Waals surface area contributed by atoms with Gasteiger partial charge < -0.3 is 14.8 Å². The number of amides is 1. The lowest BCUT2D eigenvalue weighted by Crippen LogP contribution is -2.41. The minimum Gasteiger partial charge on any atom is -0.496 e. The van der Waals surface area contributed by atoms with Gasteiger partial charge in [-0.2, -0.15) is 0 Å². The molecule has 1 heterocycles. The van der Waals surface area contributed by atoms with Crippen molar-refractivity contribution >= 4 is 15.9 Å². The summed E-state index contributed by atoms with van der Waals surface area (Å²) >= 11 is 0. The zero-order valence-corrected chi connectivity index (χ0v) is 16.3. The molecule has 0 radical (unpaired) electrons. The number of hydrogen-bond donors (Lipinski definition) is 1. The molecule has 0 saturated carbocycles. The topological polar surface area (TPSA) is 84.9 Å². The predicted molar refractivity (Wildman–Crippen MR) is 99.7 cm³/mol. The van der Waals surface area contributed by atoms with E-state index in [0.717, 1.165) is 24.2 Å². The molecule has 1 aromatic carbocycles. The average Bonchev–Trinajstić information content (AvgIpc) is 2.64. The Labute approximate surface area is 155 Å². The van der Waals surface area contributed by atoms with Crippen molar-refractivity contribution in [1.29, 1.82) is 0 Å². The van der Waals surface area contributed by atoms with E-state index >= 15 is 0 Å². The number of benzene rings is 1. The molecule has 0 aromatic heterocycles. The number of carbonyl (C=O) groups excluding carboxylic acids is 1. The minimum atomic E-state index is -3.36. The van der Waals surface area contributed by atoms with Gasteiger partial charge in [0, 0.05) is 38.8 Å². The van der Waals surface area contributed by atoms with Gasteiger partial charge in [0.25, 0.3) is 0 Å². The van der Waals surface area contributed by atoms with Gasteiger partial charge in [-0.3, -0.25) is 4.79 Å². The number of ether oxygens (including phenoxy) is 2. The molecule has 1 amide bonds. The first-order valence-corrected chi connectivity index (χ1v) is 10.7. The smallest absolute Gasteiger partial charge is 0.223 e. The van der Waals surface area contributed by atoms with Crippen molar-refractivity contribution in [2.24, 2.45) is 5.92 Å². The fourth-order valence-electron chi connectivity index (χ4n) is 3.01. The normalized spacial score (nSPS) is 15.8. The van der Waals surface area contributed by atoms with Crippen LogP contribution in [0, 0.1) is 5.92 Å². The summed E-state index contributed by atoms with van der Waals surface area (Å²) in [5.41, 5.74) is 0.954. The van der Waals surface area contributed by atoms with Crippen LogP contribution in [0.3, 0.4) is 0 Å². The molecular weight excluding hydrogens is 356 g/mol. The number of nitrogens with one attached hydrogen (secondary N) is 1. The van der Waals surface area contributed by atoms with Crippen LogP contribution in [0.4, 0.5) is 0 Å². The minimum absolute atomic E-state index is 0.0218. The van der Waals surface area contributed by atoms with E-state index in [-0.39, 0.29) is 18.4 Å². The van der Waals surface area contributed by atoms with Gasteiger partial charge in [-0.05, 0) is 30.9 Å². The maximum Gasteiger partial charge on any atom is 0.223 e. The average molecular weight is 384 g/mol. The molecule has 1 aromatic rings. The van der Waals surface area contributed by atoms with Gasteiger partial charge in [0.2, 0.25) is 15.9 Å². The third-order valence-electron chi connectivity index (χ3n) is 4.54. The van der Waals surface area contributed by atoms with Crippen LogP contribution in [0.2, 0.25) is 0 Å². The van der Waals surface area contributed by atoms with Crippen molar-refractivity contribution < 1.29 is 22.7 Å². The second-order valence-corrected chi connectivity index (χ2v) is 8.38. The molecule has 2 rings (SSSR count). The Balaban J connectivity index is 1.86. The van der Waals surface area contributed by atoms with E-state index < -0.39 is 10.0 Å². The van der Waals surface area contributed by atoms with Gasteiger partial charge in [0.05, 0.1) is 13.4 Å². The summed E-state index contributed by atoms with van der Waals surface area (Å²) < 4.78 is 36.1. The molecule has 146 valence electrons. The van der Waals surface area contributed by atoms with E-state index in [0.29, 0.717) is 32.7 Å². The van der Waals surface area contributed by atoms with Crippen molar-refractivity contribution in [3.05, 3.63) is 29.8 Å². The fraction of sp³-hybridized carbons (Fsp3) is 0.611. The maximum absolute atomic E-state index is 12.1. The molecule has 1 fully saturated rings. The maximum atomic E-state index is 12.1. The second-order valence-electron chi connectivity index (χ2n) is 6.40. The molecule has 1 N–H and O–H groups in total. The van der Waals surface area contributed by atoms with E-state index in [2.05, 4.69) is 5.32 Å². The summed E-state index contributed by atoms with van der Waals surface area (Å²) in [4.78, 5) is 12.1. The van der Waals surface area contributed by atoms with E-state index in [9.17, 15) is 13.2 Å². The summed E-state index contributed by atoms with van der Waals surface area (Å²) in [5.74, 6) is 0.685. The lowest BCUT2D eigenvalue weighted by atomic mass is 9.99. The van der Waals surface area contributed by atoms with Crippen LogP contribution in [0.25, 0.3) is 0 Å². The van der Waals surface area contributed by atoms with Gasteiger partial charge in [-0.25, -0.2) is 12.7 Å². The van der Waals surface area contributed by atoms with Crippen molar-refractivity contribution in [2.45, 2.75) is 19.3 Å². The van der Waals surface area contributed by atoms with Crippen LogP contribution < -0.4 is 10.1 Å². The molecule has 8 heteroatoms. The number of nitrogens with zero attached hydrogens (tertiary/aromatic N) is 1. The molecule has 0 unspecified atom stereocenters. The molecule has 1 aliphatic heterocycles. The molecular formula is C18H28N2O5S. The third-order valence-corrected chi connectivity index (χ3v) is 5.85. The first-order chi connectivity index (χ1) is 12.4. The monoisotopic (exact) mass is 384 g/mol. The molecule has 7 nitrogen and oxygen atoms in total. The number of para-hydroxylation sites is 1. The van der Waals surface area contributed by atoms with Gasteiger partial charge in [-0.15, -0.1) is 0 Å². The number of methoxy groups -OCH3 is 1. The Hall–Kier alpha value is -1.64. The lowest BCUT2D eigenvalue weighted by molar-refractivity contribution is -0.127. The highest BCUT2D eigenvalue weighted by atomic mass is 32.2. The van der Waals surface area contributed by atoms with Crippen LogP contribution in [-0.4, -0.2) is 64.8 Å². The highest BCUT2D eigenvalue weighted by Gasteiger charge is 2.22. The van der Waals surface area contributed by atoms with E-state index in [1.807, 2.05) is 24.3 Å². The van der Waals surface area contributed by atoms with Crippen LogP contribution >= 0.6 is 0 Å². The second kappa shape index (κ2) is 9.89. The quantitative estimate of drug-likeness (QED) is 0.688. The number of sulfonamides is 1. The molecule has 0 aliphatic carbocycles. The van der Waals surface area contributed by atoms with Gasteiger partial charge >= 0.3 is 0 Å². The summed E-state index contributed by atoms with van der Waals surface area (Å²) in [7, 11) is -1.76. The van der Waals surface area contributed by atoms with Gasteiger partial charge in [0.15, 0.2) is 0 Å². The molecule has 1 saturated heterocycles. The molecule has 26 heavy (non-hydrogen) atoms. The first kappa shape index (κ1) is 20.7. The van der Waals surface area contributed by atoms with Crippen molar-refractivity contribution in [2.75, 3.05) is 46.2 Å². The van der Waals surface area contributed by atoms with E-state index in [4.69, 9.17) is 9.47 Å². The Morgan fingerprint density at radius 2 is 1.96 bits per heavy atom. The van der Waals surface area contributed by atoms with Crippen LogP contribution in [0.1, 0.15) is 18.4 Å². The van der Waals surface area contributed by atoms with Crippen LogP contribution in [0.5, 0.6) is 5.75 Å². The lowest BCUT2D eigenvalue weighted by Gasteiger charge is -2.23. The Kier molecular flexibility index (Phi) is 7.86. The largest absolute Gasteiger partial charge is 0.496 e. The first-order valence-electron chi connectivity index (χ1n) is 8.84. The fourth-order valence-corrected chi connectivity index (χ4v) is 3.85. The molecule has 0 spiro atoms. The van der Waals surface area contributed by atoms with E-state index in [1.165, 1.54) is 10.6 Å². The number of hydrogen-bond acceptors (Lipinski definition) is 5. The van der Waals surface area contributed by atoms with Crippen molar-refractivity contribution in [1.82, 2.24) is 9.62 Å². The van der Waals surface area contributed by atoms with E-state index in [1.54, 1.807) is 7.11 Å². The van der Waals surface area contributed by atoms with Crippen molar-refractivity contribution in [3.8, 4) is 5.75 Å². The summed E-state index contributed by atoms with van der Waals surface area (Å²) in [6.07, 6.45) is 3.17. The standard InChI is InChI=1S/C18H28N2O5S/c1-24-17-6-4-3-5-15(17)7-11-20(26(2,22)23)12-10-19-18(21)16-8-13-25-14-9-16/h3-6,16H,7-14H2,1-2H3,(H,19,21). The van der Waals surface area contributed by atoms with Gasteiger partial charge in [0.1, 0.15) is 5.75 Å². The highest BCUT2D eigenvalue weighted by molar-refractivity contribution is 7.88. The van der Waals surface area contributed by atoms with Gasteiger partial charge in [-0.1, -0.05) is 18.2 Å². The van der Waals surface area contributed by atoms with Crippen molar-refractivity contribution in [3.63, 3.8) is 0 Å². The Bertz CT molecular complexity index is 687. The number of rotatable bonds is 9. The molecule has 1 aliphatic rings. The van der Waals surface area contributed by atoms with Crippen LogP contribution in [0.15, 0.2) is 24.3 Å². The Morgan fingerprint density at radius 3 is 2.62 bits per heavy atom. The predicted octanol–water partition coefficient (Wildman–Crippen LogP) is 1.04. The summed E-state index contributed by atoms with van der Waals surface area (Å²) in [5, 5.41) is 2.85. The Morgan fingerprint density at radius 1 is 1.27 bits per heavy atom.